The Morgan fingerprint density at radius 3 is 2.29 bits per heavy atom. The van der Waals surface area contributed by atoms with Crippen LogP contribution >= 0.6 is 0 Å². The molecule has 6 unspecified atom stereocenters. The van der Waals surface area contributed by atoms with Crippen LogP contribution in [0.25, 0.3) is 0 Å². The molecule has 0 saturated heterocycles. The predicted octanol–water partition coefficient (Wildman–Crippen LogP) is 10.9. The molecular formula is C31H60. The van der Waals surface area contributed by atoms with Crippen LogP contribution in [-0.4, -0.2) is 0 Å². The predicted molar refractivity (Wildman–Crippen MR) is 143 cm³/mol. The summed E-state index contributed by atoms with van der Waals surface area (Å²) in [5.41, 5.74) is 3.13. The van der Waals surface area contributed by atoms with Gasteiger partial charge in [-0.1, -0.05) is 100 Å². The number of rotatable bonds is 5. The Labute approximate surface area is 198 Å². The molecule has 0 bridgehead atoms. The maximum Gasteiger partial charge on any atom is -0.00853 e. The molecule has 3 fully saturated rings. The van der Waals surface area contributed by atoms with E-state index in [2.05, 4.69) is 33.8 Å². The molecule has 31 heavy (non-hydrogen) atoms. The van der Waals surface area contributed by atoms with Crippen molar-refractivity contribution in [1.82, 2.24) is 0 Å². The van der Waals surface area contributed by atoms with Gasteiger partial charge < -0.3 is 0 Å². The average Bonchev–Trinajstić information content (AvgIpc) is 3.10. The van der Waals surface area contributed by atoms with Crippen molar-refractivity contribution < 1.29 is 0 Å². The summed E-state index contributed by atoms with van der Waals surface area (Å²) in [5, 5.41) is 0. The molecule has 0 N–H and O–H groups in total. The van der Waals surface area contributed by atoms with E-state index in [9.17, 15) is 0 Å². The van der Waals surface area contributed by atoms with Gasteiger partial charge in [0.25, 0.3) is 0 Å². The lowest BCUT2D eigenvalue weighted by Crippen LogP contribution is -2.49. The summed E-state index contributed by atoms with van der Waals surface area (Å²) in [6, 6.07) is 0. The van der Waals surface area contributed by atoms with Gasteiger partial charge in [-0.3, -0.25) is 0 Å². The first-order valence-electron chi connectivity index (χ1n) is 14.1. The van der Waals surface area contributed by atoms with Crippen LogP contribution in [0.2, 0.25) is 0 Å². The monoisotopic (exact) mass is 432 g/mol. The van der Waals surface area contributed by atoms with Crippen molar-refractivity contribution in [1.29, 1.82) is 0 Å². The Morgan fingerprint density at radius 2 is 1.61 bits per heavy atom. The Kier molecular flexibility index (Phi) is 11.9. The van der Waals surface area contributed by atoms with Crippen LogP contribution in [0, 0.1) is 40.4 Å². The number of hydrogen-bond acceptors (Lipinski definition) is 0. The molecule has 3 saturated carbocycles. The van der Waals surface area contributed by atoms with Crippen molar-refractivity contribution in [3.63, 3.8) is 0 Å². The van der Waals surface area contributed by atoms with Crippen LogP contribution in [0.1, 0.15) is 146 Å². The number of unbranched alkanes of at least 4 members (excludes halogenated alkanes) is 1. The Bertz CT molecular complexity index is 528. The third kappa shape index (κ3) is 5.81. The van der Waals surface area contributed by atoms with E-state index >= 15 is 0 Å². The molecule has 0 spiro atoms. The van der Waals surface area contributed by atoms with Crippen molar-refractivity contribution in [3.8, 4) is 0 Å². The van der Waals surface area contributed by atoms with Gasteiger partial charge in [0.05, 0.1) is 0 Å². The maximum absolute atomic E-state index is 2.74. The summed E-state index contributed by atoms with van der Waals surface area (Å²) in [7, 11) is 0. The van der Waals surface area contributed by atoms with Crippen molar-refractivity contribution in [2.24, 2.45) is 40.4 Å². The summed E-state index contributed by atoms with van der Waals surface area (Å²) in [5.74, 6) is 4.98. The molecule has 4 rings (SSSR count). The number of fused-ring (bicyclic) bond motifs is 5. The molecule has 0 radical (unpaired) electrons. The standard InChI is InChI=1S/C26H44.2C2H6.CH4/c1-19(2)9-5-6-10-21-13-15-23-22-14-12-20-11-7-8-17-25(20,3)24(22)16-18-26(21,23)4;2*1-2;/h12,19,21-24H,5-11,13-18H2,1-4H3;2*1-2H3;1H4. The average molecular weight is 433 g/mol. The fourth-order valence-corrected chi connectivity index (χ4v) is 8.22. The molecule has 0 heterocycles. The molecule has 184 valence electrons. The molecular weight excluding hydrogens is 372 g/mol. The molecule has 0 nitrogen and oxygen atoms in total. The van der Waals surface area contributed by atoms with Crippen LogP contribution in [0.5, 0.6) is 0 Å². The summed E-state index contributed by atoms with van der Waals surface area (Å²) < 4.78 is 0. The lowest BCUT2D eigenvalue weighted by atomic mass is 9.47. The summed E-state index contributed by atoms with van der Waals surface area (Å²) in [6.07, 6.45) is 22.1. The van der Waals surface area contributed by atoms with E-state index in [0.29, 0.717) is 10.8 Å². The normalized spacial score (nSPS) is 38.2. The smallest absolute Gasteiger partial charge is 0.00853 e. The number of allylic oxidation sites excluding steroid dienone is 2. The first-order valence-corrected chi connectivity index (χ1v) is 14.1. The van der Waals surface area contributed by atoms with Crippen LogP contribution in [0.15, 0.2) is 11.6 Å². The van der Waals surface area contributed by atoms with Crippen LogP contribution in [0.3, 0.4) is 0 Å². The third-order valence-corrected chi connectivity index (χ3v) is 9.80. The zero-order chi connectivity index (χ0) is 22.4. The fraction of sp³-hybridized carbons (Fsp3) is 0.935. The van der Waals surface area contributed by atoms with Gasteiger partial charge in [0.2, 0.25) is 0 Å². The molecule has 0 aromatic heterocycles. The van der Waals surface area contributed by atoms with Crippen molar-refractivity contribution in [2.75, 3.05) is 0 Å². The molecule has 0 amide bonds. The second kappa shape index (κ2) is 12.8. The van der Waals surface area contributed by atoms with E-state index in [0.717, 1.165) is 29.6 Å². The van der Waals surface area contributed by atoms with Gasteiger partial charge in [0.15, 0.2) is 0 Å². The first kappa shape index (κ1) is 28.8. The molecule has 0 heteroatoms. The van der Waals surface area contributed by atoms with Crippen LogP contribution < -0.4 is 0 Å². The largest absolute Gasteiger partial charge is 0.0845 e. The minimum atomic E-state index is 0. The van der Waals surface area contributed by atoms with Crippen molar-refractivity contribution in [2.45, 2.75) is 146 Å². The number of hydrogen-bond donors (Lipinski definition) is 0. The molecule has 0 aromatic rings. The summed E-state index contributed by atoms with van der Waals surface area (Å²) in [4.78, 5) is 0. The van der Waals surface area contributed by atoms with E-state index < -0.39 is 0 Å². The highest BCUT2D eigenvalue weighted by molar-refractivity contribution is 5.24. The van der Waals surface area contributed by atoms with Gasteiger partial charge in [-0.15, -0.1) is 0 Å². The van der Waals surface area contributed by atoms with Crippen molar-refractivity contribution >= 4 is 0 Å². The zero-order valence-electron chi connectivity index (χ0n) is 22.2. The van der Waals surface area contributed by atoms with E-state index in [1.165, 1.54) is 70.6 Å². The highest BCUT2D eigenvalue weighted by Crippen LogP contribution is 2.66. The molecule has 6 atom stereocenters. The highest BCUT2D eigenvalue weighted by Gasteiger charge is 2.57. The molecule has 4 aliphatic rings. The van der Waals surface area contributed by atoms with E-state index in [4.69, 9.17) is 0 Å². The van der Waals surface area contributed by atoms with Gasteiger partial charge in [-0.25, -0.2) is 0 Å². The van der Waals surface area contributed by atoms with Gasteiger partial charge in [-0.2, -0.15) is 0 Å². The quantitative estimate of drug-likeness (QED) is 0.299. The minimum Gasteiger partial charge on any atom is -0.0845 e. The second-order valence-electron chi connectivity index (χ2n) is 11.5. The highest BCUT2D eigenvalue weighted by atomic mass is 14.6. The lowest BCUT2D eigenvalue weighted by Gasteiger charge is -2.57. The summed E-state index contributed by atoms with van der Waals surface area (Å²) in [6.45, 7) is 18.1. The van der Waals surface area contributed by atoms with Crippen LogP contribution in [-0.2, 0) is 0 Å². The maximum atomic E-state index is 2.74. The van der Waals surface area contributed by atoms with E-state index in [1.807, 2.05) is 33.3 Å². The SMILES string of the molecule is C.CC.CC.CC(C)CCCCC1CCC2C3CC=C4CCCCC4(C)C3CCC12C. The molecule has 0 aromatic carbocycles. The van der Waals surface area contributed by atoms with Gasteiger partial charge in [0.1, 0.15) is 0 Å². The fourth-order valence-electron chi connectivity index (χ4n) is 8.22. The van der Waals surface area contributed by atoms with Crippen LogP contribution in [0.4, 0.5) is 0 Å². The second-order valence-corrected chi connectivity index (χ2v) is 11.5. The topological polar surface area (TPSA) is 0 Å². The van der Waals surface area contributed by atoms with Crippen molar-refractivity contribution in [3.05, 3.63) is 11.6 Å². The Morgan fingerprint density at radius 1 is 0.903 bits per heavy atom. The molecule has 4 aliphatic carbocycles. The minimum absolute atomic E-state index is 0. The lowest BCUT2D eigenvalue weighted by molar-refractivity contribution is -0.0425. The van der Waals surface area contributed by atoms with E-state index in [-0.39, 0.29) is 7.43 Å². The third-order valence-electron chi connectivity index (χ3n) is 9.80. The Hall–Kier alpha value is -0.260. The van der Waals surface area contributed by atoms with Gasteiger partial charge >= 0.3 is 0 Å². The van der Waals surface area contributed by atoms with Gasteiger partial charge in [0, 0.05) is 0 Å². The first-order chi connectivity index (χ1) is 14.4. The van der Waals surface area contributed by atoms with E-state index in [1.54, 1.807) is 12.8 Å². The Balaban J connectivity index is 0.000000910. The molecule has 0 aliphatic heterocycles. The summed E-state index contributed by atoms with van der Waals surface area (Å²) >= 11 is 0. The van der Waals surface area contributed by atoms with Gasteiger partial charge in [-0.05, 0) is 98.2 Å². The zero-order valence-corrected chi connectivity index (χ0v) is 22.2.